The molecule has 27 heavy (non-hydrogen) atoms. The van der Waals surface area contributed by atoms with E-state index in [1.807, 2.05) is 0 Å². The lowest BCUT2D eigenvalue weighted by Crippen LogP contribution is -2.40. The topological polar surface area (TPSA) is 37.4 Å². The number of ketones is 1. The molecule has 1 unspecified atom stereocenters. The van der Waals surface area contributed by atoms with Crippen LogP contribution in [0.5, 0.6) is 0 Å². The maximum Gasteiger partial charge on any atom is 0.232 e. The molecule has 0 saturated carbocycles. The van der Waals surface area contributed by atoms with E-state index in [-0.39, 0.29) is 29.8 Å². The second-order valence-corrected chi connectivity index (χ2v) is 7.59. The van der Waals surface area contributed by atoms with Crippen molar-refractivity contribution >= 4 is 40.6 Å². The molecule has 0 saturated heterocycles. The molecule has 0 aromatic heterocycles. The van der Waals surface area contributed by atoms with E-state index in [0.29, 0.717) is 40.6 Å². The standard InChI is InChI=1S/C21H16Cl2FNO2/c22-16-9-8-14(10-17(16)23)25-18-2-1-3-19(26)21(18)15(11-20(25)27)12-4-6-13(24)7-5-12/h4-10,15H,1-3,11H2. The van der Waals surface area contributed by atoms with Crippen LogP contribution in [0.4, 0.5) is 10.1 Å². The zero-order valence-corrected chi connectivity index (χ0v) is 15.9. The molecule has 0 N–H and O–H groups in total. The molecule has 6 heteroatoms. The van der Waals surface area contributed by atoms with Gasteiger partial charge in [-0.2, -0.15) is 0 Å². The summed E-state index contributed by atoms with van der Waals surface area (Å²) in [7, 11) is 0. The van der Waals surface area contributed by atoms with Crippen molar-refractivity contribution in [3.05, 3.63) is 75.2 Å². The minimum Gasteiger partial charge on any atom is -0.294 e. The van der Waals surface area contributed by atoms with E-state index in [0.717, 1.165) is 11.3 Å². The van der Waals surface area contributed by atoms with Gasteiger partial charge >= 0.3 is 0 Å². The number of benzene rings is 2. The third kappa shape index (κ3) is 3.28. The summed E-state index contributed by atoms with van der Waals surface area (Å²) in [5, 5.41) is 0.759. The van der Waals surface area contributed by atoms with Gasteiger partial charge in [-0.1, -0.05) is 35.3 Å². The molecule has 0 spiro atoms. The van der Waals surface area contributed by atoms with Crippen molar-refractivity contribution in [2.24, 2.45) is 0 Å². The average Bonchev–Trinajstić information content (AvgIpc) is 2.64. The average molecular weight is 404 g/mol. The first-order chi connectivity index (χ1) is 13.0. The highest BCUT2D eigenvalue weighted by Gasteiger charge is 2.39. The van der Waals surface area contributed by atoms with Gasteiger partial charge in [0.1, 0.15) is 5.82 Å². The van der Waals surface area contributed by atoms with Crippen molar-refractivity contribution in [3.63, 3.8) is 0 Å². The van der Waals surface area contributed by atoms with Crippen LogP contribution in [0.2, 0.25) is 10.0 Å². The lowest BCUT2D eigenvalue weighted by Gasteiger charge is -2.38. The normalized spacial score (nSPS) is 20.1. The third-order valence-electron chi connectivity index (χ3n) is 5.11. The fraction of sp³-hybridized carbons (Fsp3) is 0.238. The Kier molecular flexibility index (Phi) is 4.79. The predicted molar refractivity (Wildman–Crippen MR) is 104 cm³/mol. The molecule has 2 aromatic carbocycles. The monoisotopic (exact) mass is 403 g/mol. The minimum atomic E-state index is -0.347. The maximum atomic E-state index is 13.3. The third-order valence-corrected chi connectivity index (χ3v) is 5.85. The summed E-state index contributed by atoms with van der Waals surface area (Å²) >= 11 is 12.1. The summed E-state index contributed by atoms with van der Waals surface area (Å²) in [6.07, 6.45) is 1.93. The Balaban J connectivity index is 1.85. The quantitative estimate of drug-likeness (QED) is 0.648. The number of carbonyl (C=O) groups excluding carboxylic acids is 2. The van der Waals surface area contributed by atoms with Crippen LogP contribution in [0.1, 0.15) is 37.2 Å². The Morgan fingerprint density at radius 1 is 0.963 bits per heavy atom. The number of rotatable bonds is 2. The molecule has 1 aliphatic heterocycles. The SMILES string of the molecule is O=C1CCCC2=C1C(c1ccc(F)cc1)CC(=O)N2c1ccc(Cl)c(Cl)c1. The van der Waals surface area contributed by atoms with Gasteiger partial charge in [-0.3, -0.25) is 14.5 Å². The van der Waals surface area contributed by atoms with Crippen LogP contribution in [0.25, 0.3) is 0 Å². The summed E-state index contributed by atoms with van der Waals surface area (Å²) < 4.78 is 13.3. The van der Waals surface area contributed by atoms with Gasteiger partial charge in [0.2, 0.25) is 5.91 Å². The molecule has 1 aliphatic carbocycles. The first-order valence-electron chi connectivity index (χ1n) is 8.75. The molecule has 0 radical (unpaired) electrons. The molecule has 2 aromatic rings. The molecule has 1 amide bonds. The Morgan fingerprint density at radius 3 is 2.41 bits per heavy atom. The van der Waals surface area contributed by atoms with E-state index < -0.39 is 0 Å². The second-order valence-electron chi connectivity index (χ2n) is 6.77. The number of halogens is 3. The largest absolute Gasteiger partial charge is 0.294 e. The Morgan fingerprint density at radius 2 is 1.70 bits per heavy atom. The maximum absolute atomic E-state index is 13.3. The summed E-state index contributed by atoms with van der Waals surface area (Å²) in [6.45, 7) is 0. The zero-order chi connectivity index (χ0) is 19.1. The van der Waals surface area contributed by atoms with Gasteiger partial charge in [0.25, 0.3) is 0 Å². The van der Waals surface area contributed by atoms with E-state index in [4.69, 9.17) is 23.2 Å². The second kappa shape index (κ2) is 7.10. The lowest BCUT2D eigenvalue weighted by molar-refractivity contribution is -0.119. The fourth-order valence-corrected chi connectivity index (χ4v) is 4.19. The number of carbonyl (C=O) groups is 2. The van der Waals surface area contributed by atoms with Gasteiger partial charge in [0.15, 0.2) is 5.78 Å². The Labute approximate surface area is 166 Å². The molecule has 2 aliphatic rings. The van der Waals surface area contributed by atoms with Gasteiger partial charge in [-0.15, -0.1) is 0 Å². The zero-order valence-electron chi connectivity index (χ0n) is 14.3. The number of hydrogen-bond acceptors (Lipinski definition) is 2. The number of Topliss-reactive ketones (excluding diaryl/α,β-unsaturated/α-hetero) is 1. The molecular formula is C21H16Cl2FNO2. The van der Waals surface area contributed by atoms with E-state index in [2.05, 4.69) is 0 Å². The fourth-order valence-electron chi connectivity index (χ4n) is 3.90. The Hall–Kier alpha value is -2.17. The van der Waals surface area contributed by atoms with Crippen molar-refractivity contribution in [1.29, 1.82) is 0 Å². The van der Waals surface area contributed by atoms with Gasteiger partial charge < -0.3 is 0 Å². The summed E-state index contributed by atoms with van der Waals surface area (Å²) in [5.41, 5.74) is 2.75. The van der Waals surface area contributed by atoms with Crippen LogP contribution in [0, 0.1) is 5.82 Å². The number of amides is 1. The summed E-state index contributed by atoms with van der Waals surface area (Å²) in [5.74, 6) is -0.762. The number of hydrogen-bond donors (Lipinski definition) is 0. The van der Waals surface area contributed by atoms with Gasteiger partial charge in [-0.05, 0) is 48.7 Å². The van der Waals surface area contributed by atoms with Gasteiger partial charge in [-0.25, -0.2) is 4.39 Å². The van der Waals surface area contributed by atoms with Crippen LogP contribution < -0.4 is 4.90 Å². The number of anilines is 1. The van der Waals surface area contributed by atoms with Crippen LogP contribution >= 0.6 is 23.2 Å². The molecule has 1 heterocycles. The minimum absolute atomic E-state index is 0.0446. The molecular weight excluding hydrogens is 388 g/mol. The van der Waals surface area contributed by atoms with E-state index in [1.54, 1.807) is 35.2 Å². The highest BCUT2D eigenvalue weighted by atomic mass is 35.5. The molecule has 3 nitrogen and oxygen atoms in total. The first kappa shape index (κ1) is 18.2. The number of allylic oxidation sites excluding steroid dienone is 2. The first-order valence-corrected chi connectivity index (χ1v) is 9.51. The van der Waals surface area contributed by atoms with Crippen LogP contribution in [-0.4, -0.2) is 11.7 Å². The molecule has 1 atom stereocenters. The Bertz CT molecular complexity index is 969. The lowest BCUT2D eigenvalue weighted by atomic mass is 9.77. The van der Waals surface area contributed by atoms with E-state index >= 15 is 0 Å². The molecule has 0 bridgehead atoms. The summed E-state index contributed by atoms with van der Waals surface area (Å²) in [6, 6.07) is 11.0. The predicted octanol–water partition coefficient (Wildman–Crippen LogP) is 5.66. The highest BCUT2D eigenvalue weighted by Crippen LogP contribution is 2.44. The van der Waals surface area contributed by atoms with Crippen molar-refractivity contribution in [1.82, 2.24) is 0 Å². The molecule has 138 valence electrons. The highest BCUT2D eigenvalue weighted by molar-refractivity contribution is 6.42. The van der Waals surface area contributed by atoms with Crippen molar-refractivity contribution < 1.29 is 14.0 Å². The van der Waals surface area contributed by atoms with E-state index in [9.17, 15) is 14.0 Å². The van der Waals surface area contributed by atoms with Crippen LogP contribution in [0.15, 0.2) is 53.7 Å². The van der Waals surface area contributed by atoms with Crippen molar-refractivity contribution in [3.8, 4) is 0 Å². The van der Waals surface area contributed by atoms with Crippen LogP contribution in [0.3, 0.4) is 0 Å². The van der Waals surface area contributed by atoms with Crippen LogP contribution in [-0.2, 0) is 9.59 Å². The van der Waals surface area contributed by atoms with Gasteiger partial charge in [0.05, 0.1) is 15.7 Å². The smallest absolute Gasteiger partial charge is 0.232 e. The molecule has 0 fully saturated rings. The summed E-state index contributed by atoms with van der Waals surface area (Å²) in [4.78, 5) is 27.4. The van der Waals surface area contributed by atoms with Crippen molar-refractivity contribution in [2.45, 2.75) is 31.6 Å². The van der Waals surface area contributed by atoms with E-state index in [1.165, 1.54) is 12.1 Å². The molecule has 4 rings (SSSR count). The van der Waals surface area contributed by atoms with Crippen molar-refractivity contribution in [2.75, 3.05) is 4.90 Å². The number of nitrogens with zero attached hydrogens (tertiary/aromatic N) is 1. The van der Waals surface area contributed by atoms with Gasteiger partial charge in [0, 0.05) is 30.0 Å².